The number of rotatable bonds is 7. The minimum atomic E-state index is 0.634. The van der Waals surface area contributed by atoms with Crippen molar-refractivity contribution in [2.45, 2.75) is 11.4 Å². The Morgan fingerprint density at radius 3 is 2.17 bits per heavy atom. The number of aromatic nitrogens is 3. The SMILES string of the molecule is CSc1ccccc1Nc1ncccc1CN(c1cccnc1)c1cccnc1. The summed E-state index contributed by atoms with van der Waals surface area (Å²) in [5.41, 5.74) is 4.13. The first-order chi connectivity index (χ1) is 14.3. The van der Waals surface area contributed by atoms with Crippen LogP contribution in [0.5, 0.6) is 0 Å². The molecule has 3 heterocycles. The van der Waals surface area contributed by atoms with E-state index >= 15 is 0 Å². The molecule has 0 aliphatic carbocycles. The average Bonchev–Trinajstić information content (AvgIpc) is 2.80. The summed E-state index contributed by atoms with van der Waals surface area (Å²) in [4.78, 5) is 16.6. The summed E-state index contributed by atoms with van der Waals surface area (Å²) in [6.45, 7) is 0.634. The van der Waals surface area contributed by atoms with Crippen molar-refractivity contribution in [3.05, 3.63) is 97.2 Å². The Balaban J connectivity index is 1.69. The Morgan fingerprint density at radius 2 is 1.52 bits per heavy atom. The third kappa shape index (κ3) is 4.55. The highest BCUT2D eigenvalue weighted by Crippen LogP contribution is 2.31. The Bertz CT molecular complexity index is 1020. The van der Waals surface area contributed by atoms with Gasteiger partial charge in [0, 0.05) is 29.0 Å². The maximum atomic E-state index is 4.61. The molecule has 0 radical (unpaired) electrons. The Kier molecular flexibility index (Phi) is 6.02. The first-order valence-corrected chi connectivity index (χ1v) is 10.5. The Morgan fingerprint density at radius 1 is 0.828 bits per heavy atom. The van der Waals surface area contributed by atoms with Gasteiger partial charge in [-0.2, -0.15) is 0 Å². The molecule has 0 spiro atoms. The minimum Gasteiger partial charge on any atom is -0.339 e. The van der Waals surface area contributed by atoms with E-state index in [9.17, 15) is 0 Å². The zero-order valence-corrected chi connectivity index (χ0v) is 16.9. The van der Waals surface area contributed by atoms with Crippen LogP contribution in [0.25, 0.3) is 0 Å². The molecule has 0 fully saturated rings. The van der Waals surface area contributed by atoms with E-state index < -0.39 is 0 Å². The van der Waals surface area contributed by atoms with E-state index in [1.165, 1.54) is 4.90 Å². The van der Waals surface area contributed by atoms with Crippen molar-refractivity contribution >= 4 is 34.6 Å². The van der Waals surface area contributed by atoms with Crippen LogP contribution in [0.1, 0.15) is 5.56 Å². The molecule has 4 rings (SSSR count). The largest absolute Gasteiger partial charge is 0.339 e. The summed E-state index contributed by atoms with van der Waals surface area (Å²) in [6.07, 6.45) is 11.2. The van der Waals surface area contributed by atoms with Crippen molar-refractivity contribution in [1.29, 1.82) is 0 Å². The summed E-state index contributed by atoms with van der Waals surface area (Å²) in [6, 6.07) is 20.3. The molecular weight excluding hydrogens is 378 g/mol. The summed E-state index contributed by atoms with van der Waals surface area (Å²) in [5.74, 6) is 0.840. The lowest BCUT2D eigenvalue weighted by Crippen LogP contribution is -2.18. The lowest BCUT2D eigenvalue weighted by atomic mass is 10.2. The average molecular weight is 400 g/mol. The predicted octanol–water partition coefficient (Wildman–Crippen LogP) is 5.68. The van der Waals surface area contributed by atoms with Gasteiger partial charge in [0.2, 0.25) is 0 Å². The highest BCUT2D eigenvalue weighted by Gasteiger charge is 2.14. The molecule has 3 aromatic heterocycles. The molecule has 0 saturated carbocycles. The summed E-state index contributed by atoms with van der Waals surface area (Å²) in [7, 11) is 0. The van der Waals surface area contributed by atoms with E-state index in [-0.39, 0.29) is 0 Å². The molecule has 0 atom stereocenters. The number of pyridine rings is 3. The first kappa shape index (κ1) is 19.0. The van der Waals surface area contributed by atoms with Crippen LogP contribution in [0, 0.1) is 0 Å². The fourth-order valence-corrected chi connectivity index (χ4v) is 3.64. The van der Waals surface area contributed by atoms with Crippen molar-refractivity contribution in [2.24, 2.45) is 0 Å². The number of anilines is 4. The predicted molar refractivity (Wildman–Crippen MR) is 120 cm³/mol. The Labute approximate surface area is 174 Å². The molecule has 0 amide bonds. The molecule has 29 heavy (non-hydrogen) atoms. The van der Waals surface area contributed by atoms with Crippen LogP contribution in [0.15, 0.2) is 96.5 Å². The van der Waals surface area contributed by atoms with E-state index in [0.717, 1.165) is 28.4 Å². The van der Waals surface area contributed by atoms with Crippen molar-refractivity contribution in [1.82, 2.24) is 15.0 Å². The minimum absolute atomic E-state index is 0.634. The molecule has 6 heteroatoms. The van der Waals surface area contributed by atoms with Gasteiger partial charge in [0.05, 0.1) is 36.0 Å². The molecular formula is C23H21N5S. The topological polar surface area (TPSA) is 53.9 Å². The lowest BCUT2D eigenvalue weighted by Gasteiger charge is -2.25. The van der Waals surface area contributed by atoms with Gasteiger partial charge in [-0.3, -0.25) is 9.97 Å². The van der Waals surface area contributed by atoms with E-state index in [4.69, 9.17) is 0 Å². The van der Waals surface area contributed by atoms with Crippen molar-refractivity contribution in [3.63, 3.8) is 0 Å². The number of thioether (sulfide) groups is 1. The standard InChI is InChI=1S/C23H21N5S/c1-29-22-11-3-2-10-21(22)27-23-18(7-4-14-26-23)17-28(19-8-5-12-24-15-19)20-9-6-13-25-16-20/h2-16H,17H2,1H3,(H,26,27). The molecule has 0 saturated heterocycles. The maximum absolute atomic E-state index is 4.61. The van der Waals surface area contributed by atoms with Crippen LogP contribution < -0.4 is 10.2 Å². The number of nitrogens with zero attached hydrogens (tertiary/aromatic N) is 4. The zero-order valence-electron chi connectivity index (χ0n) is 16.1. The molecule has 1 N–H and O–H groups in total. The van der Waals surface area contributed by atoms with Gasteiger partial charge in [-0.25, -0.2) is 4.98 Å². The first-order valence-electron chi connectivity index (χ1n) is 9.26. The smallest absolute Gasteiger partial charge is 0.135 e. The Hall–Kier alpha value is -3.38. The monoisotopic (exact) mass is 399 g/mol. The van der Waals surface area contributed by atoms with Gasteiger partial charge in [0.25, 0.3) is 0 Å². The van der Waals surface area contributed by atoms with Gasteiger partial charge in [0.15, 0.2) is 0 Å². The van der Waals surface area contributed by atoms with Crippen molar-refractivity contribution < 1.29 is 0 Å². The van der Waals surface area contributed by atoms with Crippen LogP contribution in [-0.4, -0.2) is 21.2 Å². The van der Waals surface area contributed by atoms with Gasteiger partial charge in [-0.1, -0.05) is 18.2 Å². The van der Waals surface area contributed by atoms with Crippen LogP contribution in [-0.2, 0) is 6.54 Å². The third-order valence-electron chi connectivity index (χ3n) is 4.49. The van der Waals surface area contributed by atoms with Crippen LogP contribution in [0.4, 0.5) is 22.9 Å². The molecule has 0 aliphatic rings. The van der Waals surface area contributed by atoms with Crippen LogP contribution in [0.3, 0.4) is 0 Å². The second kappa shape index (κ2) is 9.21. The van der Waals surface area contributed by atoms with E-state index in [0.29, 0.717) is 6.54 Å². The molecule has 1 aromatic carbocycles. The molecule has 4 aromatic rings. The van der Waals surface area contributed by atoms with Crippen molar-refractivity contribution in [3.8, 4) is 0 Å². The van der Waals surface area contributed by atoms with E-state index in [1.807, 2.05) is 61.1 Å². The van der Waals surface area contributed by atoms with Gasteiger partial charge in [-0.05, 0) is 48.7 Å². The molecule has 0 bridgehead atoms. The maximum Gasteiger partial charge on any atom is 0.135 e. The van der Waals surface area contributed by atoms with Gasteiger partial charge >= 0.3 is 0 Å². The number of benzene rings is 1. The lowest BCUT2D eigenvalue weighted by molar-refractivity contribution is 0.955. The highest BCUT2D eigenvalue weighted by atomic mass is 32.2. The highest BCUT2D eigenvalue weighted by molar-refractivity contribution is 7.98. The molecule has 0 aliphatic heterocycles. The third-order valence-corrected chi connectivity index (χ3v) is 5.29. The number of hydrogen-bond donors (Lipinski definition) is 1. The van der Waals surface area contributed by atoms with Crippen LogP contribution >= 0.6 is 11.8 Å². The second-order valence-electron chi connectivity index (χ2n) is 6.35. The van der Waals surface area contributed by atoms with E-state index in [2.05, 4.69) is 49.6 Å². The summed E-state index contributed by atoms with van der Waals surface area (Å²) >= 11 is 1.71. The second-order valence-corrected chi connectivity index (χ2v) is 7.19. The van der Waals surface area contributed by atoms with E-state index in [1.54, 1.807) is 24.2 Å². The number of para-hydroxylation sites is 1. The van der Waals surface area contributed by atoms with Crippen LogP contribution in [0.2, 0.25) is 0 Å². The van der Waals surface area contributed by atoms with Gasteiger partial charge in [-0.15, -0.1) is 11.8 Å². The fourth-order valence-electron chi connectivity index (χ4n) is 3.08. The number of hydrogen-bond acceptors (Lipinski definition) is 6. The van der Waals surface area contributed by atoms with Gasteiger partial charge < -0.3 is 10.2 Å². The normalized spacial score (nSPS) is 10.5. The number of nitrogens with one attached hydrogen (secondary N) is 1. The van der Waals surface area contributed by atoms with Crippen molar-refractivity contribution in [2.75, 3.05) is 16.5 Å². The fraction of sp³-hybridized carbons (Fsp3) is 0.0870. The molecule has 5 nitrogen and oxygen atoms in total. The zero-order chi connectivity index (χ0) is 19.9. The summed E-state index contributed by atoms with van der Waals surface area (Å²) in [5, 5.41) is 3.51. The summed E-state index contributed by atoms with van der Waals surface area (Å²) < 4.78 is 0. The molecule has 0 unspecified atom stereocenters. The quantitative estimate of drug-likeness (QED) is 0.404. The van der Waals surface area contributed by atoms with Gasteiger partial charge in [0.1, 0.15) is 5.82 Å². The molecule has 144 valence electrons.